The van der Waals surface area contributed by atoms with E-state index < -0.39 is 6.10 Å². The predicted molar refractivity (Wildman–Crippen MR) is 91.0 cm³/mol. The SMILES string of the molecule is Cc1cccc(O[C@@H](C)C(=O)NCCOc2ccccc2C)c1. The molecule has 0 aliphatic heterocycles. The van der Waals surface area contributed by atoms with Crippen molar-refractivity contribution in [3.8, 4) is 11.5 Å². The normalized spacial score (nSPS) is 11.6. The van der Waals surface area contributed by atoms with Gasteiger partial charge in [0.15, 0.2) is 6.10 Å². The lowest BCUT2D eigenvalue weighted by atomic mass is 10.2. The molecule has 2 rings (SSSR count). The molecular weight excluding hydrogens is 290 g/mol. The average molecular weight is 313 g/mol. The summed E-state index contributed by atoms with van der Waals surface area (Å²) in [5, 5.41) is 2.82. The Hall–Kier alpha value is -2.49. The molecule has 0 saturated carbocycles. The summed E-state index contributed by atoms with van der Waals surface area (Å²) >= 11 is 0. The van der Waals surface area contributed by atoms with E-state index in [0.717, 1.165) is 16.9 Å². The van der Waals surface area contributed by atoms with Gasteiger partial charge in [0, 0.05) is 0 Å². The van der Waals surface area contributed by atoms with Gasteiger partial charge in [-0.15, -0.1) is 0 Å². The standard InChI is InChI=1S/C19H23NO3/c1-14-7-6-9-17(13-14)23-16(3)19(21)20-11-12-22-18-10-5-4-8-15(18)2/h4-10,13,16H,11-12H2,1-3H3,(H,20,21)/t16-/m0/s1. The number of amides is 1. The summed E-state index contributed by atoms with van der Waals surface area (Å²) in [5.41, 5.74) is 2.18. The summed E-state index contributed by atoms with van der Waals surface area (Å²) in [5.74, 6) is 1.38. The van der Waals surface area contributed by atoms with Crippen molar-refractivity contribution < 1.29 is 14.3 Å². The number of para-hydroxylation sites is 1. The lowest BCUT2D eigenvalue weighted by Crippen LogP contribution is -2.38. The van der Waals surface area contributed by atoms with Gasteiger partial charge in [-0.2, -0.15) is 0 Å². The number of hydrogen-bond acceptors (Lipinski definition) is 3. The Morgan fingerprint density at radius 1 is 1.13 bits per heavy atom. The Labute approximate surface area is 137 Å². The van der Waals surface area contributed by atoms with E-state index in [9.17, 15) is 4.79 Å². The van der Waals surface area contributed by atoms with Crippen LogP contribution in [0.4, 0.5) is 0 Å². The van der Waals surface area contributed by atoms with Crippen LogP contribution in [0.1, 0.15) is 18.1 Å². The molecule has 122 valence electrons. The fourth-order valence-electron chi connectivity index (χ4n) is 2.14. The average Bonchev–Trinajstić information content (AvgIpc) is 2.53. The van der Waals surface area contributed by atoms with Gasteiger partial charge in [0.2, 0.25) is 0 Å². The largest absolute Gasteiger partial charge is 0.491 e. The molecule has 0 bridgehead atoms. The fourth-order valence-corrected chi connectivity index (χ4v) is 2.14. The van der Waals surface area contributed by atoms with E-state index in [1.165, 1.54) is 0 Å². The molecule has 0 fully saturated rings. The lowest BCUT2D eigenvalue weighted by Gasteiger charge is -2.15. The predicted octanol–water partition coefficient (Wildman–Crippen LogP) is 3.27. The van der Waals surface area contributed by atoms with Crippen LogP contribution in [0.3, 0.4) is 0 Å². The highest BCUT2D eigenvalue weighted by Gasteiger charge is 2.14. The minimum atomic E-state index is -0.546. The van der Waals surface area contributed by atoms with Crippen molar-refractivity contribution in [2.75, 3.05) is 13.2 Å². The molecule has 2 aromatic carbocycles. The van der Waals surface area contributed by atoms with Crippen molar-refractivity contribution in [1.82, 2.24) is 5.32 Å². The first-order chi connectivity index (χ1) is 11.1. The smallest absolute Gasteiger partial charge is 0.260 e. The van der Waals surface area contributed by atoms with Crippen molar-refractivity contribution in [1.29, 1.82) is 0 Å². The van der Waals surface area contributed by atoms with E-state index >= 15 is 0 Å². The van der Waals surface area contributed by atoms with Crippen molar-refractivity contribution >= 4 is 5.91 Å². The van der Waals surface area contributed by atoms with E-state index in [4.69, 9.17) is 9.47 Å². The highest BCUT2D eigenvalue weighted by Crippen LogP contribution is 2.16. The van der Waals surface area contributed by atoms with Crippen LogP contribution in [0.2, 0.25) is 0 Å². The molecule has 0 aliphatic carbocycles. The summed E-state index contributed by atoms with van der Waals surface area (Å²) in [7, 11) is 0. The maximum atomic E-state index is 12.0. The maximum absolute atomic E-state index is 12.0. The van der Waals surface area contributed by atoms with E-state index in [2.05, 4.69) is 5.32 Å². The van der Waals surface area contributed by atoms with Crippen LogP contribution >= 0.6 is 0 Å². The number of ether oxygens (including phenoxy) is 2. The quantitative estimate of drug-likeness (QED) is 0.798. The fraction of sp³-hybridized carbons (Fsp3) is 0.316. The van der Waals surface area contributed by atoms with Gasteiger partial charge in [-0.1, -0.05) is 30.3 Å². The molecule has 23 heavy (non-hydrogen) atoms. The van der Waals surface area contributed by atoms with E-state index in [1.807, 2.05) is 62.4 Å². The molecule has 1 N–H and O–H groups in total. The zero-order valence-electron chi connectivity index (χ0n) is 13.8. The Morgan fingerprint density at radius 3 is 2.65 bits per heavy atom. The Bertz CT molecular complexity index is 655. The van der Waals surface area contributed by atoms with Crippen LogP contribution in [0.25, 0.3) is 0 Å². The molecule has 0 radical (unpaired) electrons. The Balaban J connectivity index is 1.73. The first kappa shape index (κ1) is 16.9. The van der Waals surface area contributed by atoms with Crippen LogP contribution < -0.4 is 14.8 Å². The van der Waals surface area contributed by atoms with Gasteiger partial charge in [-0.05, 0) is 50.1 Å². The zero-order valence-corrected chi connectivity index (χ0v) is 13.8. The first-order valence-electron chi connectivity index (χ1n) is 7.76. The summed E-state index contributed by atoms with van der Waals surface area (Å²) < 4.78 is 11.3. The van der Waals surface area contributed by atoms with Crippen molar-refractivity contribution in [2.24, 2.45) is 0 Å². The summed E-state index contributed by atoms with van der Waals surface area (Å²) in [6.45, 7) is 6.58. The number of rotatable bonds is 7. The van der Waals surface area contributed by atoms with E-state index in [-0.39, 0.29) is 5.91 Å². The van der Waals surface area contributed by atoms with Gasteiger partial charge in [0.05, 0.1) is 6.54 Å². The topological polar surface area (TPSA) is 47.6 Å². The lowest BCUT2D eigenvalue weighted by molar-refractivity contribution is -0.127. The second-order valence-electron chi connectivity index (χ2n) is 5.48. The molecule has 0 unspecified atom stereocenters. The number of carbonyl (C=O) groups is 1. The van der Waals surface area contributed by atoms with Gasteiger partial charge in [0.1, 0.15) is 18.1 Å². The number of nitrogens with one attached hydrogen (secondary N) is 1. The van der Waals surface area contributed by atoms with Crippen molar-refractivity contribution in [3.05, 3.63) is 59.7 Å². The number of aryl methyl sites for hydroxylation is 2. The second kappa shape index (κ2) is 8.22. The van der Waals surface area contributed by atoms with Crippen LogP contribution in [-0.4, -0.2) is 25.2 Å². The Kier molecular flexibility index (Phi) is 6.03. The van der Waals surface area contributed by atoms with Crippen molar-refractivity contribution in [2.45, 2.75) is 26.9 Å². The number of carbonyl (C=O) groups excluding carboxylic acids is 1. The minimum absolute atomic E-state index is 0.153. The summed E-state index contributed by atoms with van der Waals surface area (Å²) in [6.07, 6.45) is -0.546. The number of hydrogen-bond donors (Lipinski definition) is 1. The minimum Gasteiger partial charge on any atom is -0.491 e. The van der Waals surface area contributed by atoms with Crippen LogP contribution in [0.5, 0.6) is 11.5 Å². The second-order valence-corrected chi connectivity index (χ2v) is 5.48. The Morgan fingerprint density at radius 2 is 1.91 bits per heavy atom. The van der Waals surface area contributed by atoms with Gasteiger partial charge in [0.25, 0.3) is 5.91 Å². The third kappa shape index (κ3) is 5.33. The van der Waals surface area contributed by atoms with Crippen LogP contribution in [0, 0.1) is 13.8 Å². The molecule has 2 aromatic rings. The molecule has 1 amide bonds. The van der Waals surface area contributed by atoms with E-state index in [0.29, 0.717) is 18.9 Å². The van der Waals surface area contributed by atoms with Crippen LogP contribution in [-0.2, 0) is 4.79 Å². The third-order valence-electron chi connectivity index (χ3n) is 3.42. The van der Waals surface area contributed by atoms with Crippen LogP contribution in [0.15, 0.2) is 48.5 Å². The van der Waals surface area contributed by atoms with E-state index in [1.54, 1.807) is 6.92 Å². The first-order valence-corrected chi connectivity index (χ1v) is 7.76. The molecular formula is C19H23NO3. The van der Waals surface area contributed by atoms with Gasteiger partial charge in [-0.3, -0.25) is 4.79 Å². The molecule has 0 aliphatic rings. The summed E-state index contributed by atoms with van der Waals surface area (Å²) in [6, 6.07) is 15.5. The monoisotopic (exact) mass is 313 g/mol. The van der Waals surface area contributed by atoms with Gasteiger partial charge < -0.3 is 14.8 Å². The van der Waals surface area contributed by atoms with Gasteiger partial charge in [-0.25, -0.2) is 0 Å². The summed E-state index contributed by atoms with van der Waals surface area (Å²) in [4.78, 5) is 12.0. The van der Waals surface area contributed by atoms with Crippen molar-refractivity contribution in [3.63, 3.8) is 0 Å². The van der Waals surface area contributed by atoms with Gasteiger partial charge >= 0.3 is 0 Å². The third-order valence-corrected chi connectivity index (χ3v) is 3.42. The number of benzene rings is 2. The molecule has 0 spiro atoms. The molecule has 0 aromatic heterocycles. The highest BCUT2D eigenvalue weighted by atomic mass is 16.5. The zero-order chi connectivity index (χ0) is 16.7. The molecule has 0 heterocycles. The maximum Gasteiger partial charge on any atom is 0.260 e. The molecule has 4 nitrogen and oxygen atoms in total. The molecule has 1 atom stereocenters. The highest BCUT2D eigenvalue weighted by molar-refractivity contribution is 5.80. The molecule has 4 heteroatoms. The molecule has 0 saturated heterocycles.